The predicted octanol–water partition coefficient (Wildman–Crippen LogP) is 3.41. The molecule has 0 spiro atoms. The van der Waals surface area contributed by atoms with Crippen molar-refractivity contribution < 1.29 is 4.79 Å². The van der Waals surface area contributed by atoms with Gasteiger partial charge in [-0.1, -0.05) is 29.5 Å². The van der Waals surface area contributed by atoms with Crippen molar-refractivity contribution >= 4 is 27.9 Å². The fourth-order valence-electron chi connectivity index (χ4n) is 2.32. The third-order valence-corrected chi connectivity index (χ3v) is 4.52. The van der Waals surface area contributed by atoms with Crippen molar-refractivity contribution in [1.29, 1.82) is 0 Å². The minimum absolute atomic E-state index is 0.127. The van der Waals surface area contributed by atoms with Crippen molar-refractivity contribution in [3.8, 4) is 10.6 Å². The highest BCUT2D eigenvalue weighted by Gasteiger charge is 2.11. The van der Waals surface area contributed by atoms with Crippen molar-refractivity contribution in [2.75, 3.05) is 5.32 Å². The average Bonchev–Trinajstić information content (AvgIpc) is 3.19. The van der Waals surface area contributed by atoms with E-state index >= 15 is 0 Å². The molecule has 4 aromatic rings. The minimum Gasteiger partial charge on any atom is -0.322 e. The zero-order valence-corrected chi connectivity index (χ0v) is 13.6. The monoisotopic (exact) mass is 335 g/mol. The zero-order chi connectivity index (χ0) is 16.5. The van der Waals surface area contributed by atoms with E-state index in [2.05, 4.69) is 20.6 Å². The van der Waals surface area contributed by atoms with Crippen LogP contribution in [0.4, 0.5) is 5.69 Å². The van der Waals surface area contributed by atoms with Crippen molar-refractivity contribution in [3.05, 3.63) is 66.0 Å². The van der Waals surface area contributed by atoms with Crippen LogP contribution in [0.25, 0.3) is 15.5 Å². The second-order valence-electron chi connectivity index (χ2n) is 5.25. The summed E-state index contributed by atoms with van der Waals surface area (Å²) in [5.41, 5.74) is 2.35. The highest BCUT2D eigenvalue weighted by molar-refractivity contribution is 7.19. The molecule has 7 heteroatoms. The summed E-state index contributed by atoms with van der Waals surface area (Å²) in [5, 5.41) is 16.3. The molecule has 0 unspecified atom stereocenters. The van der Waals surface area contributed by atoms with Gasteiger partial charge in [0.05, 0.1) is 0 Å². The number of carbonyl (C=O) groups excluding carboxylic acids is 1. The van der Waals surface area contributed by atoms with Gasteiger partial charge in [0.25, 0.3) is 5.91 Å². The Morgan fingerprint density at radius 1 is 1.04 bits per heavy atom. The van der Waals surface area contributed by atoms with Gasteiger partial charge in [0, 0.05) is 16.8 Å². The summed E-state index contributed by atoms with van der Waals surface area (Å²) in [6, 6.07) is 16.7. The highest BCUT2D eigenvalue weighted by atomic mass is 32.1. The predicted molar refractivity (Wildman–Crippen MR) is 93.2 cm³/mol. The van der Waals surface area contributed by atoms with E-state index in [1.807, 2.05) is 49.4 Å². The smallest absolute Gasteiger partial charge is 0.255 e. The molecule has 2 aromatic carbocycles. The molecule has 4 rings (SSSR count). The molecular weight excluding hydrogens is 322 g/mol. The van der Waals surface area contributed by atoms with Crippen LogP contribution in [0.3, 0.4) is 0 Å². The maximum absolute atomic E-state index is 12.1. The third kappa shape index (κ3) is 2.65. The van der Waals surface area contributed by atoms with Crippen LogP contribution < -0.4 is 5.32 Å². The molecule has 0 atom stereocenters. The standard InChI is InChI=1S/C17H13N5OS/c1-11-19-20-17-22(11)21-16(24-17)13-7-9-14(10-8-13)18-15(23)12-5-3-2-4-6-12/h2-10H,1H3,(H,18,23). The van der Waals surface area contributed by atoms with E-state index in [1.54, 1.807) is 16.6 Å². The highest BCUT2D eigenvalue weighted by Crippen LogP contribution is 2.26. The lowest BCUT2D eigenvalue weighted by Gasteiger charge is -2.05. The number of fused-ring (bicyclic) bond motifs is 1. The van der Waals surface area contributed by atoms with Gasteiger partial charge in [-0.2, -0.15) is 9.61 Å². The summed E-state index contributed by atoms with van der Waals surface area (Å²) in [6.45, 7) is 1.87. The summed E-state index contributed by atoms with van der Waals surface area (Å²) in [4.78, 5) is 12.9. The van der Waals surface area contributed by atoms with Crippen LogP contribution in [0.2, 0.25) is 0 Å². The molecule has 0 fully saturated rings. The second kappa shape index (κ2) is 5.86. The molecule has 0 saturated carbocycles. The Balaban J connectivity index is 1.55. The quantitative estimate of drug-likeness (QED) is 0.623. The normalized spacial score (nSPS) is 10.9. The Hall–Kier alpha value is -3.06. The number of hydrogen-bond donors (Lipinski definition) is 1. The largest absolute Gasteiger partial charge is 0.322 e. The molecule has 0 aliphatic carbocycles. The van der Waals surface area contributed by atoms with Crippen LogP contribution in [0, 0.1) is 6.92 Å². The average molecular weight is 335 g/mol. The van der Waals surface area contributed by atoms with Crippen molar-refractivity contribution in [1.82, 2.24) is 19.8 Å². The van der Waals surface area contributed by atoms with Gasteiger partial charge < -0.3 is 5.32 Å². The van der Waals surface area contributed by atoms with E-state index in [0.29, 0.717) is 5.56 Å². The number of anilines is 1. The molecule has 0 bridgehead atoms. The first-order valence-electron chi connectivity index (χ1n) is 7.36. The topological polar surface area (TPSA) is 72.2 Å². The van der Waals surface area contributed by atoms with Gasteiger partial charge in [-0.05, 0) is 43.3 Å². The molecule has 118 valence electrons. The van der Waals surface area contributed by atoms with E-state index in [9.17, 15) is 4.79 Å². The van der Waals surface area contributed by atoms with Crippen molar-refractivity contribution in [2.24, 2.45) is 0 Å². The van der Waals surface area contributed by atoms with Crippen molar-refractivity contribution in [3.63, 3.8) is 0 Å². The van der Waals surface area contributed by atoms with Gasteiger partial charge in [-0.15, -0.1) is 10.2 Å². The third-order valence-electron chi connectivity index (χ3n) is 3.57. The number of nitrogens with zero attached hydrogens (tertiary/aromatic N) is 4. The molecule has 2 heterocycles. The number of amides is 1. The summed E-state index contributed by atoms with van der Waals surface area (Å²) in [7, 11) is 0. The maximum Gasteiger partial charge on any atom is 0.255 e. The van der Waals surface area contributed by atoms with E-state index < -0.39 is 0 Å². The molecule has 0 radical (unpaired) electrons. The molecule has 6 nitrogen and oxygen atoms in total. The summed E-state index contributed by atoms with van der Waals surface area (Å²) in [6.07, 6.45) is 0. The molecular formula is C17H13N5OS. The lowest BCUT2D eigenvalue weighted by molar-refractivity contribution is 0.102. The molecule has 0 aliphatic rings. The number of hydrogen-bond acceptors (Lipinski definition) is 5. The van der Waals surface area contributed by atoms with Gasteiger partial charge in [-0.3, -0.25) is 4.79 Å². The minimum atomic E-state index is -0.127. The summed E-state index contributed by atoms with van der Waals surface area (Å²) < 4.78 is 1.73. The maximum atomic E-state index is 12.1. The fraction of sp³-hybridized carbons (Fsp3) is 0.0588. The Morgan fingerprint density at radius 3 is 2.50 bits per heavy atom. The van der Waals surface area contributed by atoms with Gasteiger partial charge in [-0.25, -0.2) is 0 Å². The first kappa shape index (κ1) is 14.5. The molecule has 24 heavy (non-hydrogen) atoms. The number of aryl methyl sites for hydroxylation is 1. The lowest BCUT2D eigenvalue weighted by atomic mass is 10.2. The van der Waals surface area contributed by atoms with Crippen LogP contribution >= 0.6 is 11.3 Å². The summed E-state index contributed by atoms with van der Waals surface area (Å²) in [5.74, 6) is 0.636. The van der Waals surface area contributed by atoms with Gasteiger partial charge >= 0.3 is 0 Å². The number of carbonyl (C=O) groups is 1. The van der Waals surface area contributed by atoms with E-state index in [-0.39, 0.29) is 5.91 Å². The van der Waals surface area contributed by atoms with E-state index in [4.69, 9.17) is 0 Å². The zero-order valence-electron chi connectivity index (χ0n) is 12.8. The molecule has 0 saturated heterocycles. The van der Waals surface area contributed by atoms with Crippen LogP contribution in [-0.2, 0) is 0 Å². The Bertz CT molecular complexity index is 1000. The first-order chi connectivity index (χ1) is 11.7. The van der Waals surface area contributed by atoms with Gasteiger partial charge in [0.2, 0.25) is 4.96 Å². The molecule has 1 N–H and O–H groups in total. The SMILES string of the molecule is Cc1nnc2sc(-c3ccc(NC(=O)c4ccccc4)cc3)nn12. The van der Waals surface area contributed by atoms with Crippen LogP contribution in [0.5, 0.6) is 0 Å². The number of aromatic nitrogens is 4. The molecule has 0 aliphatic heterocycles. The van der Waals surface area contributed by atoms with Crippen LogP contribution in [0.15, 0.2) is 54.6 Å². The number of benzene rings is 2. The van der Waals surface area contributed by atoms with E-state index in [1.165, 1.54) is 11.3 Å². The van der Waals surface area contributed by atoms with E-state index in [0.717, 1.165) is 27.0 Å². The van der Waals surface area contributed by atoms with Gasteiger partial charge in [0.1, 0.15) is 5.01 Å². The molecule has 1 amide bonds. The van der Waals surface area contributed by atoms with Crippen molar-refractivity contribution in [2.45, 2.75) is 6.92 Å². The Labute approximate surface area is 141 Å². The Morgan fingerprint density at radius 2 is 1.79 bits per heavy atom. The van der Waals surface area contributed by atoms with Crippen LogP contribution in [0.1, 0.15) is 16.2 Å². The number of nitrogens with one attached hydrogen (secondary N) is 1. The number of rotatable bonds is 3. The second-order valence-corrected chi connectivity index (χ2v) is 6.20. The lowest BCUT2D eigenvalue weighted by Crippen LogP contribution is -2.11. The summed E-state index contributed by atoms with van der Waals surface area (Å²) >= 11 is 1.48. The van der Waals surface area contributed by atoms with Gasteiger partial charge in [0.15, 0.2) is 5.82 Å². The first-order valence-corrected chi connectivity index (χ1v) is 8.18. The Kier molecular flexibility index (Phi) is 3.55. The van der Waals surface area contributed by atoms with Crippen LogP contribution in [-0.4, -0.2) is 25.7 Å². The molecule has 2 aromatic heterocycles. The fourth-order valence-corrected chi connectivity index (χ4v) is 3.21.